The van der Waals surface area contributed by atoms with Gasteiger partial charge < -0.3 is 9.47 Å². The number of benzene rings is 5. The summed E-state index contributed by atoms with van der Waals surface area (Å²) in [6, 6.07) is 44.0. The molecule has 0 aromatic heterocycles. The molecule has 0 aliphatic heterocycles. The van der Waals surface area contributed by atoms with Crippen LogP contribution in [0.3, 0.4) is 0 Å². The number of rotatable bonds is 11. The maximum atomic E-state index is 13.3. The predicted octanol–water partition coefficient (Wildman–Crippen LogP) is 7.55. The second-order valence-corrected chi connectivity index (χ2v) is 9.01. The van der Waals surface area contributed by atoms with Crippen molar-refractivity contribution in [2.45, 2.75) is 13.2 Å². The van der Waals surface area contributed by atoms with E-state index in [1.165, 1.54) is 0 Å². The molecule has 5 heteroatoms. The Labute approximate surface area is 234 Å². The van der Waals surface area contributed by atoms with Crippen LogP contribution in [-0.2, 0) is 13.2 Å². The zero-order chi connectivity index (χ0) is 27.4. The van der Waals surface area contributed by atoms with Gasteiger partial charge in [-0.05, 0) is 34.9 Å². The summed E-state index contributed by atoms with van der Waals surface area (Å²) in [7, 11) is 0. The van der Waals surface area contributed by atoms with E-state index in [9.17, 15) is 4.79 Å². The van der Waals surface area contributed by atoms with Crippen molar-refractivity contribution >= 4 is 17.7 Å². The molecule has 0 aliphatic rings. The molecule has 0 aliphatic carbocycles. The molecule has 0 bridgehead atoms. The molecule has 5 aromatic carbocycles. The summed E-state index contributed by atoms with van der Waals surface area (Å²) in [5, 5.41) is 8.65. The first-order valence-electron chi connectivity index (χ1n) is 13.0. The van der Waals surface area contributed by atoms with Crippen LogP contribution in [0.15, 0.2) is 150 Å². The van der Waals surface area contributed by atoms with Crippen molar-refractivity contribution in [3.8, 4) is 11.5 Å². The van der Waals surface area contributed by atoms with E-state index in [0.717, 1.165) is 16.7 Å². The van der Waals surface area contributed by atoms with Gasteiger partial charge in [0.1, 0.15) is 18.9 Å². The molecule has 40 heavy (non-hydrogen) atoms. The molecule has 0 N–H and O–H groups in total. The molecule has 0 spiro atoms. The quantitative estimate of drug-likeness (QED) is 0.102. The van der Waals surface area contributed by atoms with Gasteiger partial charge in [-0.2, -0.15) is 5.10 Å². The molecule has 0 unspecified atom stereocenters. The maximum Gasteiger partial charge on any atom is 0.213 e. The molecule has 196 valence electrons. The van der Waals surface area contributed by atoms with Gasteiger partial charge >= 0.3 is 0 Å². The number of ketones is 1. The van der Waals surface area contributed by atoms with Crippen LogP contribution in [0.5, 0.6) is 11.5 Å². The Balaban J connectivity index is 1.40. The monoisotopic (exact) mass is 524 g/mol. The third kappa shape index (κ3) is 7.17. The number of carbonyl (C=O) groups excluding carboxylic acids is 1. The first-order valence-corrected chi connectivity index (χ1v) is 13.0. The zero-order valence-electron chi connectivity index (χ0n) is 21.9. The van der Waals surface area contributed by atoms with Crippen LogP contribution < -0.4 is 9.47 Å². The third-order valence-electron chi connectivity index (χ3n) is 6.10. The lowest BCUT2D eigenvalue weighted by molar-refractivity contribution is 0.106. The first-order chi connectivity index (χ1) is 19.8. The number of hydrogen-bond acceptors (Lipinski definition) is 5. The first kappa shape index (κ1) is 26.3. The van der Waals surface area contributed by atoms with Crippen LogP contribution in [0.2, 0.25) is 0 Å². The second-order valence-electron chi connectivity index (χ2n) is 9.01. The maximum absolute atomic E-state index is 13.3. The number of nitrogens with zero attached hydrogens (tertiary/aromatic N) is 2. The molecule has 5 rings (SSSR count). The van der Waals surface area contributed by atoms with Crippen LogP contribution in [0, 0.1) is 0 Å². The van der Waals surface area contributed by atoms with Crippen LogP contribution in [0.4, 0.5) is 0 Å². The predicted molar refractivity (Wildman–Crippen MR) is 159 cm³/mol. The molecule has 5 aromatic rings. The molecule has 0 fully saturated rings. The molecule has 0 saturated carbocycles. The summed E-state index contributed by atoms with van der Waals surface area (Å²) >= 11 is 0. The Kier molecular flexibility index (Phi) is 8.88. The highest BCUT2D eigenvalue weighted by molar-refractivity contribution is 6.51. The topological polar surface area (TPSA) is 60.2 Å². The average Bonchev–Trinajstić information content (AvgIpc) is 3.03. The van der Waals surface area contributed by atoms with Gasteiger partial charge in [0.15, 0.2) is 11.5 Å². The Bertz CT molecular complexity index is 1580. The van der Waals surface area contributed by atoms with Crippen molar-refractivity contribution in [2.75, 3.05) is 0 Å². The highest BCUT2D eigenvalue weighted by Gasteiger charge is 2.16. The van der Waals surface area contributed by atoms with Crippen molar-refractivity contribution in [3.63, 3.8) is 0 Å². The zero-order valence-corrected chi connectivity index (χ0v) is 21.9. The fraction of sp³-hybridized carbons (Fsp3) is 0.0571. The lowest BCUT2D eigenvalue weighted by Gasteiger charge is -2.14. The molecule has 0 saturated heterocycles. The van der Waals surface area contributed by atoms with Crippen molar-refractivity contribution in [3.05, 3.63) is 167 Å². The average molecular weight is 525 g/mol. The highest BCUT2D eigenvalue weighted by atomic mass is 16.5. The Morgan fingerprint density at radius 1 is 0.575 bits per heavy atom. The number of ether oxygens (including phenoxy) is 2. The standard InChI is InChI=1S/C35H28N2O3/c38-35(31-19-11-4-12-20-31)34(30-17-9-3-10-18-30)37-36-24-29-21-22-32(39-25-27-13-5-1-6-14-27)33(23-29)40-26-28-15-7-2-8-16-28/h1-24H,25-26H2. The fourth-order valence-corrected chi connectivity index (χ4v) is 4.02. The van der Waals surface area contributed by atoms with Crippen LogP contribution in [0.1, 0.15) is 32.6 Å². The SMILES string of the molecule is O=C(C(=NN=Cc1ccc(OCc2ccccc2)c(OCc2ccccc2)c1)c1ccccc1)c1ccccc1. The minimum atomic E-state index is -0.194. The summed E-state index contributed by atoms with van der Waals surface area (Å²) < 4.78 is 12.3. The van der Waals surface area contributed by atoms with E-state index in [-0.39, 0.29) is 11.5 Å². The van der Waals surface area contributed by atoms with E-state index in [1.54, 1.807) is 18.3 Å². The molecule has 0 amide bonds. The summed E-state index contributed by atoms with van der Waals surface area (Å²) in [5.74, 6) is 1.03. The van der Waals surface area contributed by atoms with Gasteiger partial charge in [-0.25, -0.2) is 0 Å². The molecule has 0 radical (unpaired) electrons. The molecule has 0 heterocycles. The number of hydrogen-bond donors (Lipinski definition) is 0. The van der Waals surface area contributed by atoms with Crippen LogP contribution in [-0.4, -0.2) is 17.7 Å². The van der Waals surface area contributed by atoms with Gasteiger partial charge in [-0.1, -0.05) is 121 Å². The van der Waals surface area contributed by atoms with Gasteiger partial charge in [-0.15, -0.1) is 5.10 Å². The van der Waals surface area contributed by atoms with E-state index in [1.807, 2.05) is 127 Å². The van der Waals surface area contributed by atoms with E-state index in [4.69, 9.17) is 9.47 Å². The van der Waals surface area contributed by atoms with Gasteiger partial charge in [0.2, 0.25) is 5.78 Å². The summed E-state index contributed by atoms with van der Waals surface area (Å²) in [4.78, 5) is 13.3. The van der Waals surface area contributed by atoms with Gasteiger partial charge in [-0.3, -0.25) is 4.79 Å². The van der Waals surface area contributed by atoms with Crippen molar-refractivity contribution in [2.24, 2.45) is 10.2 Å². The third-order valence-corrected chi connectivity index (χ3v) is 6.10. The number of Topliss-reactive ketones (excluding diaryl/α,β-unsaturated/α-hetero) is 1. The van der Waals surface area contributed by atoms with E-state index in [0.29, 0.717) is 35.8 Å². The van der Waals surface area contributed by atoms with Gasteiger partial charge in [0.25, 0.3) is 0 Å². The summed E-state index contributed by atoms with van der Waals surface area (Å²) in [5.41, 5.74) is 4.40. The van der Waals surface area contributed by atoms with Gasteiger partial charge in [0, 0.05) is 11.1 Å². The fourth-order valence-electron chi connectivity index (χ4n) is 4.02. The lowest BCUT2D eigenvalue weighted by Crippen LogP contribution is -2.15. The molecule has 5 nitrogen and oxygen atoms in total. The normalized spacial score (nSPS) is 11.3. The smallest absolute Gasteiger partial charge is 0.213 e. The Hall–Kier alpha value is -5.29. The lowest BCUT2D eigenvalue weighted by atomic mass is 10.0. The second kappa shape index (κ2) is 13.5. The molecular formula is C35H28N2O3. The summed E-state index contributed by atoms with van der Waals surface area (Å²) in [6.07, 6.45) is 1.61. The summed E-state index contributed by atoms with van der Waals surface area (Å²) in [6.45, 7) is 0.813. The molecular weight excluding hydrogens is 496 g/mol. The van der Waals surface area contributed by atoms with Gasteiger partial charge in [0.05, 0.1) is 6.21 Å². The van der Waals surface area contributed by atoms with Crippen molar-refractivity contribution < 1.29 is 14.3 Å². The minimum Gasteiger partial charge on any atom is -0.485 e. The Morgan fingerprint density at radius 2 is 1.07 bits per heavy atom. The van der Waals surface area contributed by atoms with Crippen LogP contribution >= 0.6 is 0 Å². The van der Waals surface area contributed by atoms with Crippen molar-refractivity contribution in [1.82, 2.24) is 0 Å². The molecule has 0 atom stereocenters. The van der Waals surface area contributed by atoms with E-state index in [2.05, 4.69) is 10.2 Å². The van der Waals surface area contributed by atoms with E-state index < -0.39 is 0 Å². The largest absolute Gasteiger partial charge is 0.485 e. The Morgan fingerprint density at radius 3 is 1.65 bits per heavy atom. The van der Waals surface area contributed by atoms with E-state index >= 15 is 0 Å². The van der Waals surface area contributed by atoms with Crippen molar-refractivity contribution in [1.29, 1.82) is 0 Å². The van der Waals surface area contributed by atoms with Crippen LogP contribution in [0.25, 0.3) is 0 Å². The minimum absolute atomic E-state index is 0.194. The highest BCUT2D eigenvalue weighted by Crippen LogP contribution is 2.30. The number of carbonyl (C=O) groups is 1.